The van der Waals surface area contributed by atoms with Crippen molar-refractivity contribution in [2.75, 3.05) is 4.90 Å². The van der Waals surface area contributed by atoms with Gasteiger partial charge >= 0.3 is 0 Å². The first-order valence-corrected chi connectivity index (χ1v) is 7.21. The van der Waals surface area contributed by atoms with Crippen LogP contribution in [0.15, 0.2) is 36.4 Å². The van der Waals surface area contributed by atoms with Crippen molar-refractivity contribution in [1.82, 2.24) is 0 Å². The molecule has 116 valence electrons. The van der Waals surface area contributed by atoms with Crippen molar-refractivity contribution >= 4 is 23.2 Å². The fourth-order valence-corrected chi connectivity index (χ4v) is 2.87. The Morgan fingerprint density at radius 3 is 2.43 bits per heavy atom. The molecule has 23 heavy (non-hydrogen) atoms. The van der Waals surface area contributed by atoms with Gasteiger partial charge in [0.15, 0.2) is 0 Å². The van der Waals surface area contributed by atoms with E-state index in [9.17, 15) is 19.7 Å². The Balaban J connectivity index is 2.17. The minimum atomic E-state index is -0.577. The van der Waals surface area contributed by atoms with Crippen LogP contribution in [0.3, 0.4) is 0 Å². The van der Waals surface area contributed by atoms with Gasteiger partial charge in [0.1, 0.15) is 0 Å². The lowest BCUT2D eigenvalue weighted by Gasteiger charge is -2.20. The first-order valence-electron chi connectivity index (χ1n) is 7.21. The van der Waals surface area contributed by atoms with Crippen LogP contribution in [0.2, 0.25) is 0 Å². The van der Waals surface area contributed by atoms with E-state index >= 15 is 0 Å². The topological polar surface area (TPSA) is 80.5 Å². The molecule has 0 saturated carbocycles. The molecule has 0 N–H and O–H groups in total. The number of anilines is 1. The maximum absolute atomic E-state index is 12.7. The summed E-state index contributed by atoms with van der Waals surface area (Å²) in [6.45, 7) is 3.78. The zero-order valence-electron chi connectivity index (χ0n) is 12.7. The summed E-state index contributed by atoms with van der Waals surface area (Å²) in [5.41, 5.74) is 2.35. The molecule has 1 aliphatic rings. The SMILES string of the molecule is CCc1cccc(C)c1N1C(=O)c2ccc([N+](=O)[O-])cc2C1=O. The number of hydrogen-bond acceptors (Lipinski definition) is 4. The van der Waals surface area contributed by atoms with E-state index in [1.54, 1.807) is 0 Å². The van der Waals surface area contributed by atoms with Crippen molar-refractivity contribution in [2.24, 2.45) is 0 Å². The number of carbonyl (C=O) groups excluding carboxylic acids is 2. The van der Waals surface area contributed by atoms with Gasteiger partial charge in [-0.3, -0.25) is 19.7 Å². The van der Waals surface area contributed by atoms with E-state index < -0.39 is 16.7 Å². The highest BCUT2D eigenvalue weighted by atomic mass is 16.6. The van der Waals surface area contributed by atoms with Gasteiger partial charge in [-0.25, -0.2) is 4.90 Å². The molecule has 6 nitrogen and oxygen atoms in total. The molecule has 1 aliphatic heterocycles. The van der Waals surface area contributed by atoms with Crippen LogP contribution in [0.1, 0.15) is 38.8 Å². The predicted molar refractivity (Wildman–Crippen MR) is 84.8 cm³/mol. The molecule has 0 aromatic heterocycles. The number of nitrogens with zero attached hydrogens (tertiary/aromatic N) is 2. The predicted octanol–water partition coefficient (Wildman–Crippen LogP) is 3.27. The number of nitro groups is 1. The number of nitro benzene ring substituents is 1. The summed E-state index contributed by atoms with van der Waals surface area (Å²) in [5, 5.41) is 10.9. The molecule has 6 heteroatoms. The molecular weight excluding hydrogens is 296 g/mol. The minimum Gasteiger partial charge on any atom is -0.268 e. The third kappa shape index (κ3) is 2.19. The molecule has 2 aromatic carbocycles. The summed E-state index contributed by atoms with van der Waals surface area (Å²) in [6, 6.07) is 9.33. The Bertz CT molecular complexity index is 858. The number of para-hydroxylation sites is 1. The summed E-state index contributed by atoms with van der Waals surface area (Å²) < 4.78 is 0. The second-order valence-corrected chi connectivity index (χ2v) is 5.37. The fourth-order valence-electron chi connectivity index (χ4n) is 2.87. The summed E-state index contributed by atoms with van der Waals surface area (Å²) in [6.07, 6.45) is 0.671. The van der Waals surface area contributed by atoms with E-state index in [4.69, 9.17) is 0 Å². The van der Waals surface area contributed by atoms with Gasteiger partial charge in [-0.05, 0) is 30.5 Å². The highest BCUT2D eigenvalue weighted by Gasteiger charge is 2.39. The zero-order valence-corrected chi connectivity index (χ0v) is 12.7. The summed E-state index contributed by atoms with van der Waals surface area (Å²) >= 11 is 0. The van der Waals surface area contributed by atoms with E-state index in [2.05, 4.69) is 0 Å². The smallest absolute Gasteiger partial charge is 0.268 e. The van der Waals surface area contributed by atoms with Crippen LogP contribution >= 0.6 is 0 Å². The second kappa shape index (κ2) is 5.31. The number of non-ortho nitro benzene ring substituents is 1. The first kappa shape index (κ1) is 14.9. The number of aryl methyl sites for hydroxylation is 2. The Kier molecular flexibility index (Phi) is 3.44. The normalized spacial score (nSPS) is 13.4. The fraction of sp³-hybridized carbons (Fsp3) is 0.176. The third-order valence-corrected chi connectivity index (χ3v) is 4.01. The van der Waals surface area contributed by atoms with E-state index in [1.807, 2.05) is 32.0 Å². The molecule has 2 aromatic rings. The van der Waals surface area contributed by atoms with Crippen molar-refractivity contribution < 1.29 is 14.5 Å². The third-order valence-electron chi connectivity index (χ3n) is 4.01. The van der Waals surface area contributed by atoms with Gasteiger partial charge in [0.25, 0.3) is 17.5 Å². The molecule has 0 atom stereocenters. The van der Waals surface area contributed by atoms with Gasteiger partial charge in [-0.2, -0.15) is 0 Å². The number of rotatable bonds is 3. The molecular formula is C17H14N2O4. The van der Waals surface area contributed by atoms with E-state index in [0.717, 1.165) is 16.0 Å². The molecule has 0 radical (unpaired) electrons. The van der Waals surface area contributed by atoms with Gasteiger partial charge < -0.3 is 0 Å². The van der Waals surface area contributed by atoms with Crippen LogP contribution in [0.4, 0.5) is 11.4 Å². The van der Waals surface area contributed by atoms with Crippen molar-refractivity contribution in [3.63, 3.8) is 0 Å². The van der Waals surface area contributed by atoms with Crippen LogP contribution in [-0.4, -0.2) is 16.7 Å². The minimum absolute atomic E-state index is 0.0782. The van der Waals surface area contributed by atoms with Crippen molar-refractivity contribution in [1.29, 1.82) is 0 Å². The average molecular weight is 310 g/mol. The molecule has 0 spiro atoms. The van der Waals surface area contributed by atoms with Gasteiger partial charge in [0.05, 0.1) is 21.7 Å². The van der Waals surface area contributed by atoms with Crippen LogP contribution in [-0.2, 0) is 6.42 Å². The highest BCUT2D eigenvalue weighted by molar-refractivity contribution is 6.35. The lowest BCUT2D eigenvalue weighted by molar-refractivity contribution is -0.384. The number of amides is 2. The van der Waals surface area contributed by atoms with Crippen LogP contribution in [0.5, 0.6) is 0 Å². The standard InChI is InChI=1S/C17H14N2O4/c1-3-11-6-4-5-10(2)15(11)18-16(20)13-8-7-12(19(22)23)9-14(13)17(18)21/h4-9H,3H2,1-2H3. The molecule has 0 saturated heterocycles. The zero-order chi connectivity index (χ0) is 16.7. The lowest BCUT2D eigenvalue weighted by atomic mass is 10.0. The van der Waals surface area contributed by atoms with Crippen molar-refractivity contribution in [3.8, 4) is 0 Å². The highest BCUT2D eigenvalue weighted by Crippen LogP contribution is 2.34. The summed E-state index contributed by atoms with van der Waals surface area (Å²) in [4.78, 5) is 36.8. The molecule has 2 amide bonds. The van der Waals surface area contributed by atoms with Crippen molar-refractivity contribution in [3.05, 3.63) is 68.8 Å². The van der Waals surface area contributed by atoms with Gasteiger partial charge in [0, 0.05) is 12.1 Å². The Morgan fingerprint density at radius 2 is 1.78 bits per heavy atom. The van der Waals surface area contributed by atoms with Crippen LogP contribution < -0.4 is 4.90 Å². The van der Waals surface area contributed by atoms with Gasteiger partial charge in [-0.1, -0.05) is 25.1 Å². The van der Waals surface area contributed by atoms with E-state index in [-0.39, 0.29) is 16.8 Å². The van der Waals surface area contributed by atoms with Crippen LogP contribution in [0, 0.1) is 17.0 Å². The number of imide groups is 1. The quantitative estimate of drug-likeness (QED) is 0.495. The molecule has 1 heterocycles. The average Bonchev–Trinajstić information content (AvgIpc) is 2.78. The summed E-state index contributed by atoms with van der Waals surface area (Å²) in [7, 11) is 0. The maximum Gasteiger partial charge on any atom is 0.270 e. The number of hydrogen-bond donors (Lipinski definition) is 0. The first-order chi connectivity index (χ1) is 11.0. The summed E-state index contributed by atoms with van der Waals surface area (Å²) in [5.74, 6) is -0.957. The Hall–Kier alpha value is -3.02. The Labute approximate surface area is 132 Å². The molecule has 0 bridgehead atoms. The molecule has 3 rings (SSSR count). The molecule has 0 fully saturated rings. The van der Waals surface area contributed by atoms with Gasteiger partial charge in [0.2, 0.25) is 0 Å². The van der Waals surface area contributed by atoms with Crippen LogP contribution in [0.25, 0.3) is 0 Å². The van der Waals surface area contributed by atoms with E-state index in [1.165, 1.54) is 18.2 Å². The lowest BCUT2D eigenvalue weighted by Crippen LogP contribution is -2.31. The molecule has 0 aliphatic carbocycles. The Morgan fingerprint density at radius 1 is 1.09 bits per heavy atom. The van der Waals surface area contributed by atoms with Gasteiger partial charge in [-0.15, -0.1) is 0 Å². The number of carbonyl (C=O) groups is 2. The van der Waals surface area contributed by atoms with E-state index in [0.29, 0.717) is 12.1 Å². The number of benzene rings is 2. The molecule has 0 unspecified atom stereocenters. The van der Waals surface area contributed by atoms with Crippen molar-refractivity contribution in [2.45, 2.75) is 20.3 Å². The number of fused-ring (bicyclic) bond motifs is 1. The maximum atomic E-state index is 12.7. The monoisotopic (exact) mass is 310 g/mol. The second-order valence-electron chi connectivity index (χ2n) is 5.37. The largest absolute Gasteiger partial charge is 0.270 e.